The normalized spacial score (nSPS) is 11.9. The van der Waals surface area contributed by atoms with Gasteiger partial charge < -0.3 is 21.1 Å². The lowest BCUT2D eigenvalue weighted by molar-refractivity contribution is -0.130. The molecule has 0 spiro atoms. The number of carbonyl (C=O) groups excluding carboxylic acids is 2. The van der Waals surface area contributed by atoms with Crippen LogP contribution < -0.4 is 16.4 Å². The average Bonchev–Trinajstić information content (AvgIpc) is 2.14. The molecule has 6 nitrogen and oxygen atoms in total. The van der Waals surface area contributed by atoms with E-state index >= 15 is 0 Å². The Morgan fingerprint density at radius 2 is 1.93 bits per heavy atom. The molecule has 0 aromatic rings. The number of amides is 2. The Bertz CT molecular complexity index is 192. The van der Waals surface area contributed by atoms with E-state index in [4.69, 9.17) is 10.5 Å². The lowest BCUT2D eigenvalue weighted by Crippen LogP contribution is -2.43. The van der Waals surface area contributed by atoms with Crippen LogP contribution in [0.1, 0.15) is 6.92 Å². The standard InChI is InChI=1S/C8H17N3O3/c1-6(12)10-3-4-11-8(13)7(5-9)14-2/h7H,3-5,9H2,1-2H3,(H,10,12)(H,11,13). The van der Waals surface area contributed by atoms with Gasteiger partial charge in [-0.2, -0.15) is 0 Å². The van der Waals surface area contributed by atoms with Gasteiger partial charge in [-0.25, -0.2) is 0 Å². The number of carbonyl (C=O) groups is 2. The smallest absolute Gasteiger partial charge is 0.250 e. The highest BCUT2D eigenvalue weighted by atomic mass is 16.5. The van der Waals surface area contributed by atoms with Gasteiger partial charge in [0.25, 0.3) is 5.91 Å². The van der Waals surface area contributed by atoms with Gasteiger partial charge in [0.05, 0.1) is 0 Å². The van der Waals surface area contributed by atoms with Crippen LogP contribution in [-0.2, 0) is 14.3 Å². The van der Waals surface area contributed by atoms with Crippen LogP contribution in [0.15, 0.2) is 0 Å². The molecular weight excluding hydrogens is 186 g/mol. The summed E-state index contributed by atoms with van der Waals surface area (Å²) in [6.07, 6.45) is -0.618. The van der Waals surface area contributed by atoms with Gasteiger partial charge in [0, 0.05) is 33.7 Å². The minimum Gasteiger partial charge on any atom is -0.370 e. The highest BCUT2D eigenvalue weighted by Crippen LogP contribution is 1.85. The molecule has 0 rings (SSSR count). The van der Waals surface area contributed by atoms with Crippen LogP contribution in [-0.4, -0.2) is 44.7 Å². The van der Waals surface area contributed by atoms with Crippen LogP contribution in [0.3, 0.4) is 0 Å². The van der Waals surface area contributed by atoms with Crippen molar-refractivity contribution in [1.82, 2.24) is 10.6 Å². The molecule has 4 N–H and O–H groups in total. The molecule has 0 aliphatic carbocycles. The van der Waals surface area contributed by atoms with Crippen molar-refractivity contribution in [3.05, 3.63) is 0 Å². The summed E-state index contributed by atoms with van der Waals surface area (Å²) in [6, 6.07) is 0. The number of nitrogens with one attached hydrogen (secondary N) is 2. The van der Waals surface area contributed by atoms with E-state index < -0.39 is 6.10 Å². The number of rotatable bonds is 6. The summed E-state index contributed by atoms with van der Waals surface area (Å²) in [5.74, 6) is -0.387. The van der Waals surface area contributed by atoms with Crippen LogP contribution in [0.4, 0.5) is 0 Å². The van der Waals surface area contributed by atoms with E-state index in [9.17, 15) is 9.59 Å². The Hall–Kier alpha value is -1.14. The third kappa shape index (κ3) is 5.50. The molecule has 0 aromatic heterocycles. The van der Waals surface area contributed by atoms with E-state index in [-0.39, 0.29) is 18.4 Å². The fraction of sp³-hybridized carbons (Fsp3) is 0.750. The molecule has 1 atom stereocenters. The molecule has 1 unspecified atom stereocenters. The van der Waals surface area contributed by atoms with Crippen molar-refractivity contribution in [3.8, 4) is 0 Å². The molecule has 0 saturated heterocycles. The molecule has 2 amide bonds. The summed E-state index contributed by atoms with van der Waals surface area (Å²) in [6.45, 7) is 2.34. The molecule has 82 valence electrons. The van der Waals surface area contributed by atoms with E-state index in [2.05, 4.69) is 10.6 Å². The topological polar surface area (TPSA) is 93.4 Å². The molecule has 0 saturated carbocycles. The Morgan fingerprint density at radius 1 is 1.36 bits per heavy atom. The maximum Gasteiger partial charge on any atom is 0.250 e. The predicted molar refractivity (Wildman–Crippen MR) is 51.5 cm³/mol. The molecule has 0 bridgehead atoms. The molecule has 6 heteroatoms. The summed E-state index contributed by atoms with van der Waals surface area (Å²) >= 11 is 0. The van der Waals surface area contributed by atoms with Crippen molar-refractivity contribution >= 4 is 11.8 Å². The second kappa shape index (κ2) is 7.28. The van der Waals surface area contributed by atoms with Gasteiger partial charge in [-0.1, -0.05) is 0 Å². The first kappa shape index (κ1) is 12.9. The van der Waals surface area contributed by atoms with Crippen LogP contribution in [0.25, 0.3) is 0 Å². The molecule has 0 fully saturated rings. The molecule has 0 radical (unpaired) electrons. The third-order valence-corrected chi connectivity index (χ3v) is 1.59. The van der Waals surface area contributed by atoms with Gasteiger partial charge in [0.15, 0.2) is 0 Å². The quantitative estimate of drug-likeness (QED) is 0.444. The number of hydrogen-bond donors (Lipinski definition) is 3. The zero-order chi connectivity index (χ0) is 11.0. The maximum atomic E-state index is 11.2. The maximum absolute atomic E-state index is 11.2. The van der Waals surface area contributed by atoms with Crippen molar-refractivity contribution in [2.24, 2.45) is 5.73 Å². The minimum atomic E-state index is -0.618. The zero-order valence-corrected chi connectivity index (χ0v) is 8.50. The summed E-state index contributed by atoms with van der Waals surface area (Å²) in [7, 11) is 1.42. The van der Waals surface area contributed by atoms with Gasteiger partial charge in [0.1, 0.15) is 6.10 Å². The molecule has 0 aromatic carbocycles. The molecule has 0 aliphatic rings. The summed E-state index contributed by atoms with van der Waals surface area (Å²) in [5, 5.41) is 5.13. The highest BCUT2D eigenvalue weighted by molar-refractivity contribution is 5.81. The Labute approximate surface area is 83.2 Å². The van der Waals surface area contributed by atoms with Crippen molar-refractivity contribution in [1.29, 1.82) is 0 Å². The number of hydrogen-bond acceptors (Lipinski definition) is 4. The number of methoxy groups -OCH3 is 1. The van der Waals surface area contributed by atoms with E-state index in [1.807, 2.05) is 0 Å². The largest absolute Gasteiger partial charge is 0.370 e. The fourth-order valence-corrected chi connectivity index (χ4v) is 0.848. The van der Waals surface area contributed by atoms with Gasteiger partial charge in [-0.05, 0) is 0 Å². The van der Waals surface area contributed by atoms with Crippen LogP contribution in [0.5, 0.6) is 0 Å². The SMILES string of the molecule is COC(CN)C(=O)NCCNC(C)=O. The second-order valence-electron chi connectivity index (χ2n) is 2.73. The van der Waals surface area contributed by atoms with Gasteiger partial charge in [-0.15, -0.1) is 0 Å². The molecular formula is C8H17N3O3. The van der Waals surface area contributed by atoms with Crippen molar-refractivity contribution < 1.29 is 14.3 Å². The fourth-order valence-electron chi connectivity index (χ4n) is 0.848. The average molecular weight is 203 g/mol. The Balaban J connectivity index is 3.57. The van der Waals surface area contributed by atoms with Gasteiger partial charge in [-0.3, -0.25) is 9.59 Å². The second-order valence-corrected chi connectivity index (χ2v) is 2.73. The van der Waals surface area contributed by atoms with Crippen molar-refractivity contribution in [3.63, 3.8) is 0 Å². The lowest BCUT2D eigenvalue weighted by atomic mass is 10.3. The Morgan fingerprint density at radius 3 is 2.36 bits per heavy atom. The first-order valence-corrected chi connectivity index (χ1v) is 4.36. The first-order chi connectivity index (χ1) is 6.61. The van der Waals surface area contributed by atoms with E-state index in [0.717, 1.165) is 0 Å². The van der Waals surface area contributed by atoms with E-state index in [1.54, 1.807) is 0 Å². The number of nitrogens with two attached hydrogens (primary N) is 1. The molecule has 0 aliphatic heterocycles. The van der Waals surface area contributed by atoms with Crippen LogP contribution in [0.2, 0.25) is 0 Å². The molecule has 0 heterocycles. The van der Waals surface area contributed by atoms with E-state index in [1.165, 1.54) is 14.0 Å². The van der Waals surface area contributed by atoms with Crippen LogP contribution in [0, 0.1) is 0 Å². The Kier molecular flexibility index (Phi) is 6.69. The number of ether oxygens (including phenoxy) is 1. The summed E-state index contributed by atoms with van der Waals surface area (Å²) in [4.78, 5) is 21.7. The zero-order valence-electron chi connectivity index (χ0n) is 8.50. The highest BCUT2D eigenvalue weighted by Gasteiger charge is 2.14. The predicted octanol–water partition coefficient (Wildman–Crippen LogP) is -1.79. The van der Waals surface area contributed by atoms with Crippen LogP contribution >= 0.6 is 0 Å². The van der Waals surface area contributed by atoms with Crippen molar-refractivity contribution in [2.75, 3.05) is 26.7 Å². The van der Waals surface area contributed by atoms with Crippen molar-refractivity contribution in [2.45, 2.75) is 13.0 Å². The molecule has 14 heavy (non-hydrogen) atoms. The lowest BCUT2D eigenvalue weighted by Gasteiger charge is -2.12. The van der Waals surface area contributed by atoms with Gasteiger partial charge in [0.2, 0.25) is 5.91 Å². The first-order valence-electron chi connectivity index (χ1n) is 4.36. The minimum absolute atomic E-state index is 0.124. The monoisotopic (exact) mass is 203 g/mol. The summed E-state index contributed by atoms with van der Waals surface area (Å²) in [5.41, 5.74) is 5.28. The third-order valence-electron chi connectivity index (χ3n) is 1.59. The summed E-state index contributed by atoms with van der Waals surface area (Å²) < 4.78 is 4.82. The van der Waals surface area contributed by atoms with E-state index in [0.29, 0.717) is 13.1 Å². The van der Waals surface area contributed by atoms with Gasteiger partial charge >= 0.3 is 0 Å².